The van der Waals surface area contributed by atoms with Gasteiger partial charge in [0, 0.05) is 5.69 Å². The Bertz CT molecular complexity index is 692. The second-order valence-electron chi connectivity index (χ2n) is 4.13. The van der Waals surface area contributed by atoms with Crippen molar-refractivity contribution in [2.45, 2.75) is 0 Å². The Balaban J connectivity index is 1.95. The summed E-state index contributed by atoms with van der Waals surface area (Å²) >= 11 is 0. The number of hydrogen-bond donors (Lipinski definition) is 2. The lowest BCUT2D eigenvalue weighted by molar-refractivity contribution is 1.32. The number of anilines is 3. The maximum Gasteiger partial charge on any atom is 0.132 e. The molecule has 0 aliphatic carbocycles. The summed E-state index contributed by atoms with van der Waals surface area (Å²) in [6.07, 6.45) is 0. The first-order valence-electron chi connectivity index (χ1n) is 5.80. The number of fused-ring (bicyclic) bond motifs is 1. The molecule has 0 atom stereocenters. The molecule has 88 valence electrons. The standard InChI is InChI=1S/C15H13N3/c16-14-6-3-7-15(18-14)17-13-9-8-11-4-1-2-5-12(11)10-13/h1-10H,(H3,16,17,18). The van der Waals surface area contributed by atoms with Gasteiger partial charge in [0.05, 0.1) is 0 Å². The maximum absolute atomic E-state index is 5.65. The number of nitrogens with two attached hydrogens (primary N) is 1. The Morgan fingerprint density at radius 1 is 0.833 bits per heavy atom. The second-order valence-corrected chi connectivity index (χ2v) is 4.13. The third-order valence-corrected chi connectivity index (χ3v) is 2.79. The van der Waals surface area contributed by atoms with E-state index in [1.165, 1.54) is 10.8 Å². The Kier molecular flexibility index (Phi) is 2.57. The first-order chi connectivity index (χ1) is 8.81. The zero-order chi connectivity index (χ0) is 12.4. The molecule has 0 radical (unpaired) electrons. The molecule has 18 heavy (non-hydrogen) atoms. The van der Waals surface area contributed by atoms with Crippen LogP contribution in [0, 0.1) is 0 Å². The minimum atomic E-state index is 0.515. The monoisotopic (exact) mass is 235 g/mol. The highest BCUT2D eigenvalue weighted by Crippen LogP contribution is 2.21. The van der Waals surface area contributed by atoms with Crippen LogP contribution in [-0.4, -0.2) is 4.98 Å². The fourth-order valence-corrected chi connectivity index (χ4v) is 1.94. The number of pyridine rings is 1. The van der Waals surface area contributed by atoms with Gasteiger partial charge in [-0.05, 0) is 35.0 Å². The smallest absolute Gasteiger partial charge is 0.132 e. The molecule has 1 aromatic heterocycles. The molecule has 0 bridgehead atoms. The molecule has 3 aromatic rings. The first-order valence-corrected chi connectivity index (χ1v) is 5.80. The van der Waals surface area contributed by atoms with Gasteiger partial charge < -0.3 is 11.1 Å². The van der Waals surface area contributed by atoms with E-state index in [1.807, 2.05) is 30.3 Å². The van der Waals surface area contributed by atoms with Gasteiger partial charge >= 0.3 is 0 Å². The number of benzene rings is 2. The molecule has 1 heterocycles. The number of nitrogens with one attached hydrogen (secondary N) is 1. The first kappa shape index (κ1) is 10.6. The molecule has 0 amide bonds. The minimum Gasteiger partial charge on any atom is -0.384 e. The van der Waals surface area contributed by atoms with Crippen LogP contribution in [-0.2, 0) is 0 Å². The van der Waals surface area contributed by atoms with Crippen molar-refractivity contribution in [2.75, 3.05) is 11.1 Å². The van der Waals surface area contributed by atoms with Crippen molar-refractivity contribution in [2.24, 2.45) is 0 Å². The molecule has 0 aliphatic heterocycles. The van der Waals surface area contributed by atoms with E-state index >= 15 is 0 Å². The van der Waals surface area contributed by atoms with Crippen LogP contribution >= 0.6 is 0 Å². The van der Waals surface area contributed by atoms with Gasteiger partial charge in [0.15, 0.2) is 0 Å². The highest BCUT2D eigenvalue weighted by atomic mass is 15.0. The van der Waals surface area contributed by atoms with Crippen LogP contribution in [0.5, 0.6) is 0 Å². The van der Waals surface area contributed by atoms with Crippen LogP contribution in [0.2, 0.25) is 0 Å². The van der Waals surface area contributed by atoms with Crippen molar-refractivity contribution >= 4 is 28.1 Å². The molecular formula is C15H13N3. The SMILES string of the molecule is Nc1cccc(Nc2ccc3ccccc3c2)n1. The third kappa shape index (κ3) is 2.11. The van der Waals surface area contributed by atoms with Gasteiger partial charge in [-0.1, -0.05) is 36.4 Å². The highest BCUT2D eigenvalue weighted by Gasteiger charge is 1.98. The molecule has 0 fully saturated rings. The lowest BCUT2D eigenvalue weighted by atomic mass is 10.1. The number of nitrogens with zero attached hydrogens (tertiary/aromatic N) is 1. The van der Waals surface area contributed by atoms with E-state index < -0.39 is 0 Å². The molecule has 0 unspecified atom stereocenters. The lowest BCUT2D eigenvalue weighted by Gasteiger charge is -2.07. The Morgan fingerprint density at radius 3 is 2.50 bits per heavy atom. The van der Waals surface area contributed by atoms with Gasteiger partial charge in [0.1, 0.15) is 11.6 Å². The molecule has 0 spiro atoms. The number of nitrogen functional groups attached to an aromatic ring is 1. The third-order valence-electron chi connectivity index (χ3n) is 2.79. The number of hydrogen-bond acceptors (Lipinski definition) is 3. The summed E-state index contributed by atoms with van der Waals surface area (Å²) in [5.74, 6) is 1.27. The van der Waals surface area contributed by atoms with Gasteiger partial charge in [0.2, 0.25) is 0 Å². The van der Waals surface area contributed by atoms with Crippen LogP contribution in [0.15, 0.2) is 60.7 Å². The van der Waals surface area contributed by atoms with E-state index in [0.717, 1.165) is 11.5 Å². The summed E-state index contributed by atoms with van der Waals surface area (Å²) in [6.45, 7) is 0. The Morgan fingerprint density at radius 2 is 1.67 bits per heavy atom. The molecule has 3 rings (SSSR count). The van der Waals surface area contributed by atoms with Crippen LogP contribution < -0.4 is 11.1 Å². The fourth-order valence-electron chi connectivity index (χ4n) is 1.94. The predicted molar refractivity (Wildman–Crippen MR) is 75.9 cm³/mol. The zero-order valence-electron chi connectivity index (χ0n) is 9.80. The summed E-state index contributed by atoms with van der Waals surface area (Å²) in [6, 6.07) is 20.0. The molecule has 3 heteroatoms. The molecule has 3 N–H and O–H groups in total. The predicted octanol–water partition coefficient (Wildman–Crippen LogP) is 3.56. The van der Waals surface area contributed by atoms with E-state index in [9.17, 15) is 0 Å². The van der Waals surface area contributed by atoms with Crippen molar-refractivity contribution in [3.05, 3.63) is 60.7 Å². The van der Waals surface area contributed by atoms with Gasteiger partial charge in [-0.15, -0.1) is 0 Å². The summed E-state index contributed by atoms with van der Waals surface area (Å²) in [5.41, 5.74) is 6.66. The highest BCUT2D eigenvalue weighted by molar-refractivity contribution is 5.86. The van der Waals surface area contributed by atoms with E-state index in [-0.39, 0.29) is 0 Å². The van der Waals surface area contributed by atoms with Crippen molar-refractivity contribution in [3.63, 3.8) is 0 Å². The molecule has 2 aromatic carbocycles. The van der Waals surface area contributed by atoms with Gasteiger partial charge in [-0.3, -0.25) is 0 Å². The van der Waals surface area contributed by atoms with Gasteiger partial charge in [-0.2, -0.15) is 0 Å². The summed E-state index contributed by atoms with van der Waals surface area (Å²) < 4.78 is 0. The van der Waals surface area contributed by atoms with Gasteiger partial charge in [-0.25, -0.2) is 4.98 Å². The van der Waals surface area contributed by atoms with Gasteiger partial charge in [0.25, 0.3) is 0 Å². The molecule has 3 nitrogen and oxygen atoms in total. The fraction of sp³-hybridized carbons (Fsp3) is 0. The normalized spacial score (nSPS) is 10.4. The minimum absolute atomic E-state index is 0.515. The lowest BCUT2D eigenvalue weighted by Crippen LogP contribution is -1.96. The number of rotatable bonds is 2. The average Bonchev–Trinajstić information content (AvgIpc) is 2.39. The zero-order valence-corrected chi connectivity index (χ0v) is 9.80. The van der Waals surface area contributed by atoms with E-state index in [2.05, 4.69) is 34.6 Å². The van der Waals surface area contributed by atoms with Crippen LogP contribution in [0.25, 0.3) is 10.8 Å². The Labute approximate surface area is 105 Å². The van der Waals surface area contributed by atoms with Crippen LogP contribution in [0.1, 0.15) is 0 Å². The quantitative estimate of drug-likeness (QED) is 0.714. The number of aromatic nitrogens is 1. The van der Waals surface area contributed by atoms with Crippen LogP contribution in [0.3, 0.4) is 0 Å². The van der Waals surface area contributed by atoms with Crippen molar-refractivity contribution < 1.29 is 0 Å². The van der Waals surface area contributed by atoms with E-state index in [4.69, 9.17) is 5.73 Å². The second kappa shape index (κ2) is 4.37. The molecule has 0 saturated carbocycles. The molecule has 0 aliphatic rings. The maximum atomic E-state index is 5.65. The summed E-state index contributed by atoms with van der Waals surface area (Å²) in [5, 5.41) is 5.67. The van der Waals surface area contributed by atoms with E-state index in [0.29, 0.717) is 5.82 Å². The summed E-state index contributed by atoms with van der Waals surface area (Å²) in [4.78, 5) is 4.22. The van der Waals surface area contributed by atoms with Crippen molar-refractivity contribution in [1.82, 2.24) is 4.98 Å². The van der Waals surface area contributed by atoms with Crippen LogP contribution in [0.4, 0.5) is 17.3 Å². The molecular weight excluding hydrogens is 222 g/mol. The average molecular weight is 235 g/mol. The summed E-state index contributed by atoms with van der Waals surface area (Å²) in [7, 11) is 0. The van der Waals surface area contributed by atoms with E-state index in [1.54, 1.807) is 6.07 Å². The largest absolute Gasteiger partial charge is 0.384 e. The van der Waals surface area contributed by atoms with Crippen molar-refractivity contribution in [3.8, 4) is 0 Å². The van der Waals surface area contributed by atoms with Crippen molar-refractivity contribution in [1.29, 1.82) is 0 Å². The molecule has 0 saturated heterocycles. The topological polar surface area (TPSA) is 50.9 Å². The Hall–Kier alpha value is -2.55.